The van der Waals surface area contributed by atoms with Gasteiger partial charge in [0.05, 0.1) is 0 Å². The molecule has 0 aliphatic heterocycles. The molecule has 3 nitrogen and oxygen atoms in total. The Kier molecular flexibility index (Phi) is 4.08. The number of alkyl halides is 3. The molecule has 0 unspecified atom stereocenters. The summed E-state index contributed by atoms with van der Waals surface area (Å²) < 4.78 is 57.5. The number of halogens is 3. The zero-order valence-corrected chi connectivity index (χ0v) is 6.59. The molecule has 0 heterocycles. The SMILES string of the molecule is O=S(=O)(O)C(F)(F)F.[Au]. The van der Waals surface area contributed by atoms with E-state index < -0.39 is 15.6 Å². The molecule has 0 aromatic carbocycles. The quantitative estimate of drug-likeness (QED) is 0.392. The molecule has 0 aliphatic rings. The second kappa shape index (κ2) is 3.02. The maximum Gasteiger partial charge on any atom is 0.522 e. The van der Waals surface area contributed by atoms with E-state index in [2.05, 4.69) is 0 Å². The van der Waals surface area contributed by atoms with Crippen LogP contribution in [0.25, 0.3) is 0 Å². The Hall–Kier alpha value is 0.440. The minimum atomic E-state index is -5.84. The second-order valence-electron chi connectivity index (χ2n) is 0.921. The van der Waals surface area contributed by atoms with E-state index in [9.17, 15) is 13.2 Å². The summed E-state index contributed by atoms with van der Waals surface area (Å²) in [6, 6.07) is 0. The maximum atomic E-state index is 10.7. The fraction of sp³-hybridized carbons (Fsp3) is 1.00. The van der Waals surface area contributed by atoms with Crippen molar-refractivity contribution < 1.29 is 48.5 Å². The van der Waals surface area contributed by atoms with Gasteiger partial charge in [0.1, 0.15) is 0 Å². The summed E-state index contributed by atoms with van der Waals surface area (Å²) >= 11 is 0. The monoisotopic (exact) mass is 347 g/mol. The summed E-state index contributed by atoms with van der Waals surface area (Å²) in [4.78, 5) is 0. The van der Waals surface area contributed by atoms with Crippen molar-refractivity contribution in [3.63, 3.8) is 0 Å². The van der Waals surface area contributed by atoms with Crippen molar-refractivity contribution >= 4 is 10.1 Å². The Bertz CT molecular complexity index is 168. The molecule has 0 rings (SSSR count). The third kappa shape index (κ3) is 3.93. The van der Waals surface area contributed by atoms with Gasteiger partial charge in [0, 0.05) is 22.4 Å². The van der Waals surface area contributed by atoms with Crippen molar-refractivity contribution in [3.05, 3.63) is 0 Å². The summed E-state index contributed by atoms with van der Waals surface area (Å²) in [5, 5.41) is 0. The predicted octanol–water partition coefficient (Wildman–Crippen LogP) is 0.392. The van der Waals surface area contributed by atoms with Gasteiger partial charge >= 0.3 is 15.6 Å². The normalized spacial score (nSPS) is 12.4. The van der Waals surface area contributed by atoms with Gasteiger partial charge in [-0.25, -0.2) is 0 Å². The maximum absolute atomic E-state index is 10.7. The Balaban J connectivity index is 0. The third-order valence-corrected chi connectivity index (χ3v) is 0.877. The topological polar surface area (TPSA) is 54.4 Å². The molecule has 0 saturated heterocycles. The summed E-state index contributed by atoms with van der Waals surface area (Å²) in [5.41, 5.74) is -5.53. The van der Waals surface area contributed by atoms with Gasteiger partial charge in [-0.3, -0.25) is 4.55 Å². The third-order valence-electron chi connectivity index (χ3n) is 0.292. The van der Waals surface area contributed by atoms with Gasteiger partial charge in [-0.15, -0.1) is 0 Å². The molecule has 8 heteroatoms. The molecular weight excluding hydrogens is 346 g/mol. The van der Waals surface area contributed by atoms with Crippen LogP contribution in [-0.2, 0) is 32.5 Å². The summed E-state index contributed by atoms with van der Waals surface area (Å²) in [6.07, 6.45) is 0. The Morgan fingerprint density at radius 2 is 1.33 bits per heavy atom. The molecule has 0 atom stereocenters. The molecule has 0 fully saturated rings. The van der Waals surface area contributed by atoms with Crippen LogP contribution in [-0.4, -0.2) is 18.5 Å². The molecule has 0 aliphatic carbocycles. The molecule has 1 radical (unpaired) electrons. The van der Waals surface area contributed by atoms with E-state index in [1.165, 1.54) is 0 Å². The largest absolute Gasteiger partial charge is 0.522 e. The van der Waals surface area contributed by atoms with E-state index in [0.29, 0.717) is 0 Å². The van der Waals surface area contributed by atoms with Crippen LogP contribution in [0.5, 0.6) is 0 Å². The molecule has 9 heavy (non-hydrogen) atoms. The van der Waals surface area contributed by atoms with Crippen LogP contribution in [0, 0.1) is 0 Å². The summed E-state index contributed by atoms with van der Waals surface area (Å²) in [7, 11) is -5.84. The van der Waals surface area contributed by atoms with Gasteiger partial charge in [-0.05, 0) is 0 Å². The van der Waals surface area contributed by atoms with E-state index in [4.69, 9.17) is 13.0 Å². The van der Waals surface area contributed by atoms with E-state index in [-0.39, 0.29) is 22.4 Å². The fourth-order valence-corrected chi connectivity index (χ4v) is 0. The molecule has 0 spiro atoms. The molecular formula is CHAuF3O3S. The van der Waals surface area contributed by atoms with E-state index >= 15 is 0 Å². The van der Waals surface area contributed by atoms with E-state index in [0.717, 1.165) is 0 Å². The Labute approximate surface area is 64.5 Å². The number of hydrogen-bond donors (Lipinski definition) is 1. The van der Waals surface area contributed by atoms with Gasteiger partial charge in [-0.1, -0.05) is 0 Å². The van der Waals surface area contributed by atoms with Crippen molar-refractivity contribution in [1.82, 2.24) is 0 Å². The van der Waals surface area contributed by atoms with Crippen molar-refractivity contribution in [1.29, 1.82) is 0 Å². The van der Waals surface area contributed by atoms with Crippen LogP contribution in [0.2, 0.25) is 0 Å². The van der Waals surface area contributed by atoms with Gasteiger partial charge in [0.25, 0.3) is 0 Å². The van der Waals surface area contributed by atoms with Crippen LogP contribution in [0.15, 0.2) is 0 Å². The van der Waals surface area contributed by atoms with E-state index in [1.54, 1.807) is 0 Å². The first-order chi connectivity index (χ1) is 3.25. The summed E-state index contributed by atoms with van der Waals surface area (Å²) in [5.74, 6) is 0. The smallest absolute Gasteiger partial charge is 0.279 e. The van der Waals surface area contributed by atoms with Crippen molar-refractivity contribution in [2.24, 2.45) is 0 Å². The average molecular weight is 347 g/mol. The fourth-order valence-electron chi connectivity index (χ4n) is 0. The van der Waals surface area contributed by atoms with Crippen molar-refractivity contribution in [2.45, 2.75) is 5.51 Å². The van der Waals surface area contributed by atoms with Gasteiger partial charge in [0.2, 0.25) is 0 Å². The van der Waals surface area contributed by atoms with E-state index in [1.807, 2.05) is 0 Å². The van der Waals surface area contributed by atoms with Crippen LogP contribution in [0.4, 0.5) is 13.2 Å². The Morgan fingerprint density at radius 3 is 1.33 bits per heavy atom. The van der Waals surface area contributed by atoms with Crippen LogP contribution in [0.3, 0.4) is 0 Å². The first kappa shape index (κ1) is 12.1. The predicted molar refractivity (Wildman–Crippen MR) is 17.6 cm³/mol. The molecule has 0 saturated carbocycles. The van der Waals surface area contributed by atoms with Crippen molar-refractivity contribution in [3.8, 4) is 0 Å². The van der Waals surface area contributed by atoms with Crippen LogP contribution in [0.1, 0.15) is 0 Å². The van der Waals surface area contributed by atoms with Gasteiger partial charge < -0.3 is 0 Å². The second-order valence-corrected chi connectivity index (χ2v) is 2.33. The number of hydrogen-bond acceptors (Lipinski definition) is 2. The van der Waals surface area contributed by atoms with Crippen LogP contribution < -0.4 is 0 Å². The average Bonchev–Trinajstić information content (AvgIpc) is 1.25. The molecule has 0 bridgehead atoms. The van der Waals surface area contributed by atoms with Crippen molar-refractivity contribution in [2.75, 3.05) is 0 Å². The zero-order valence-electron chi connectivity index (χ0n) is 3.61. The Morgan fingerprint density at radius 1 is 1.22 bits per heavy atom. The standard InChI is InChI=1S/CHF3O3S.Au/c2-1(3,4)8(5,6)7;/h(H,5,6,7);. The molecule has 1 N–H and O–H groups in total. The first-order valence-corrected chi connectivity index (χ1v) is 2.73. The van der Waals surface area contributed by atoms with Gasteiger partial charge in [-0.2, -0.15) is 21.6 Å². The molecule has 0 aromatic heterocycles. The summed E-state index contributed by atoms with van der Waals surface area (Å²) in [6.45, 7) is 0. The molecule has 0 amide bonds. The van der Waals surface area contributed by atoms with Crippen LogP contribution >= 0.6 is 0 Å². The molecule has 0 aromatic rings. The minimum absolute atomic E-state index is 0. The van der Waals surface area contributed by atoms with Gasteiger partial charge in [0.15, 0.2) is 0 Å². The molecule has 61 valence electrons. The number of rotatable bonds is 0. The zero-order chi connectivity index (χ0) is 7.00. The minimum Gasteiger partial charge on any atom is -0.279 e. The first-order valence-electron chi connectivity index (χ1n) is 1.29.